The number of H-pyrrole nitrogens is 1. The Hall–Kier alpha value is -2.59. The number of carbonyl (C=O) groups is 1. The zero-order valence-corrected chi connectivity index (χ0v) is 13.4. The zero-order chi connectivity index (χ0) is 16.6. The van der Waals surface area contributed by atoms with Gasteiger partial charge in [0.15, 0.2) is 0 Å². The summed E-state index contributed by atoms with van der Waals surface area (Å²) in [7, 11) is 1.90. The fraction of sp³-hybridized carbons (Fsp3) is 0.438. The molecule has 0 bridgehead atoms. The number of ether oxygens (including phenoxy) is 1. The number of rotatable bonds is 3. The van der Waals surface area contributed by atoms with E-state index in [-0.39, 0.29) is 18.1 Å². The van der Waals surface area contributed by atoms with Crippen molar-refractivity contribution in [1.82, 2.24) is 20.1 Å². The molecule has 2 N–H and O–H groups in total. The van der Waals surface area contributed by atoms with Gasteiger partial charge in [0.2, 0.25) is 0 Å². The molecule has 3 rings (SSSR count). The Kier molecular flexibility index (Phi) is 3.92. The van der Waals surface area contributed by atoms with Crippen molar-refractivity contribution in [3.63, 3.8) is 0 Å². The fourth-order valence-corrected chi connectivity index (χ4v) is 3.06. The van der Waals surface area contributed by atoms with E-state index in [2.05, 4.69) is 15.4 Å². The summed E-state index contributed by atoms with van der Waals surface area (Å²) >= 11 is 0. The lowest BCUT2D eigenvalue weighted by Gasteiger charge is -2.20. The summed E-state index contributed by atoms with van der Waals surface area (Å²) in [6.45, 7) is 4.55. The van der Waals surface area contributed by atoms with Crippen LogP contribution in [0, 0.1) is 25.2 Å². The first-order valence-electron chi connectivity index (χ1n) is 7.53. The van der Waals surface area contributed by atoms with E-state index in [1.165, 1.54) is 0 Å². The predicted molar refractivity (Wildman–Crippen MR) is 82.8 cm³/mol. The number of nitrogens with one attached hydrogen (secondary N) is 2. The minimum absolute atomic E-state index is 0.113. The molecule has 120 valence electrons. The molecule has 1 amide bonds. The summed E-state index contributed by atoms with van der Waals surface area (Å²) < 4.78 is 7.69. The third-order valence-electron chi connectivity index (χ3n) is 4.31. The van der Waals surface area contributed by atoms with Gasteiger partial charge < -0.3 is 15.0 Å². The molecule has 7 heteroatoms. The van der Waals surface area contributed by atoms with Crippen LogP contribution in [0.2, 0.25) is 0 Å². The van der Waals surface area contributed by atoms with E-state index >= 15 is 0 Å². The van der Waals surface area contributed by atoms with Crippen LogP contribution in [0.15, 0.2) is 12.1 Å². The topological polar surface area (TPSA) is 95.7 Å². The summed E-state index contributed by atoms with van der Waals surface area (Å²) in [6, 6.07) is 5.06. The van der Waals surface area contributed by atoms with Gasteiger partial charge in [-0.3, -0.25) is 9.48 Å². The zero-order valence-electron chi connectivity index (χ0n) is 13.4. The van der Waals surface area contributed by atoms with Crippen LogP contribution < -0.4 is 5.32 Å². The Bertz CT molecular complexity index is 783. The van der Waals surface area contributed by atoms with E-state index in [1.54, 1.807) is 12.1 Å². The van der Waals surface area contributed by atoms with Gasteiger partial charge in [-0.2, -0.15) is 10.4 Å². The van der Waals surface area contributed by atoms with Crippen molar-refractivity contribution in [3.8, 4) is 6.07 Å². The van der Waals surface area contributed by atoms with Crippen molar-refractivity contribution in [2.24, 2.45) is 7.05 Å². The maximum Gasteiger partial charge on any atom is 0.268 e. The molecule has 23 heavy (non-hydrogen) atoms. The molecule has 1 saturated heterocycles. The predicted octanol–water partition coefficient (Wildman–Crippen LogP) is 1.50. The Morgan fingerprint density at radius 3 is 2.91 bits per heavy atom. The molecule has 3 heterocycles. The highest BCUT2D eigenvalue weighted by Gasteiger charge is 2.34. The Labute approximate surface area is 134 Å². The maximum absolute atomic E-state index is 12.4. The Balaban J connectivity index is 1.79. The third-order valence-corrected chi connectivity index (χ3v) is 4.31. The van der Waals surface area contributed by atoms with Crippen molar-refractivity contribution in [2.45, 2.75) is 32.4 Å². The van der Waals surface area contributed by atoms with Crippen LogP contribution in [-0.4, -0.2) is 33.3 Å². The second kappa shape index (κ2) is 5.89. The maximum atomic E-state index is 12.4. The molecule has 2 atom stereocenters. The molecule has 0 aromatic carbocycles. The molecule has 0 radical (unpaired) electrons. The minimum atomic E-state index is -0.230. The van der Waals surface area contributed by atoms with E-state index in [0.717, 1.165) is 23.4 Å². The van der Waals surface area contributed by atoms with E-state index in [0.29, 0.717) is 18.0 Å². The van der Waals surface area contributed by atoms with Crippen LogP contribution in [0.3, 0.4) is 0 Å². The molecule has 1 aliphatic rings. The number of nitrogens with zero attached hydrogens (tertiary/aromatic N) is 3. The van der Waals surface area contributed by atoms with Gasteiger partial charge in [0.05, 0.1) is 11.7 Å². The van der Waals surface area contributed by atoms with Crippen LogP contribution in [0.4, 0.5) is 0 Å². The average Bonchev–Trinajstić information content (AvgIpc) is 3.21. The number of carbonyl (C=O) groups excluding carboxylic acids is 1. The third kappa shape index (κ3) is 2.73. The minimum Gasteiger partial charge on any atom is -0.371 e. The molecular formula is C16H19N5O2. The van der Waals surface area contributed by atoms with Gasteiger partial charge >= 0.3 is 0 Å². The highest BCUT2D eigenvalue weighted by Crippen LogP contribution is 2.33. The van der Waals surface area contributed by atoms with Crippen LogP contribution in [0.25, 0.3) is 0 Å². The van der Waals surface area contributed by atoms with Gasteiger partial charge in [-0.25, -0.2) is 0 Å². The molecular weight excluding hydrogens is 294 g/mol. The first kappa shape index (κ1) is 15.3. The normalized spacial score (nSPS) is 20.4. The lowest BCUT2D eigenvalue weighted by atomic mass is 10.00. The molecule has 1 fully saturated rings. The van der Waals surface area contributed by atoms with Crippen molar-refractivity contribution in [2.75, 3.05) is 6.61 Å². The number of aromatic nitrogens is 3. The number of hydrogen-bond acceptors (Lipinski definition) is 4. The smallest absolute Gasteiger partial charge is 0.268 e. The molecule has 0 saturated carbocycles. The first-order chi connectivity index (χ1) is 11.0. The summed E-state index contributed by atoms with van der Waals surface area (Å²) in [6.07, 6.45) is 0.550. The number of amides is 1. The van der Waals surface area contributed by atoms with Crippen molar-refractivity contribution < 1.29 is 9.53 Å². The largest absolute Gasteiger partial charge is 0.371 e. The lowest BCUT2D eigenvalue weighted by Crippen LogP contribution is -2.37. The van der Waals surface area contributed by atoms with Crippen molar-refractivity contribution >= 4 is 5.91 Å². The first-order valence-corrected chi connectivity index (χ1v) is 7.53. The van der Waals surface area contributed by atoms with Crippen LogP contribution in [0.5, 0.6) is 0 Å². The van der Waals surface area contributed by atoms with E-state index in [4.69, 9.17) is 10.00 Å². The standard InChI is InChI=1S/C16H19N5O2/c1-9-14(10(2)21(3)20-9)15-12(6-7-23-15)19-16(22)13-5-4-11(8-17)18-13/h4-5,12,15,18H,6-7H2,1-3H3,(H,19,22)/t12-,15-/m0/s1. The Morgan fingerprint density at radius 2 is 2.30 bits per heavy atom. The Morgan fingerprint density at radius 1 is 1.52 bits per heavy atom. The SMILES string of the molecule is Cc1nn(C)c(C)c1[C@H]1OCC[C@@H]1NC(=O)c1ccc(C#N)[nH]1. The quantitative estimate of drug-likeness (QED) is 0.897. The highest BCUT2D eigenvalue weighted by molar-refractivity contribution is 5.92. The van der Waals surface area contributed by atoms with E-state index < -0.39 is 0 Å². The molecule has 0 aliphatic carbocycles. The van der Waals surface area contributed by atoms with Crippen LogP contribution in [0.1, 0.15) is 45.7 Å². The van der Waals surface area contributed by atoms with Crippen LogP contribution in [-0.2, 0) is 11.8 Å². The summed E-state index contributed by atoms with van der Waals surface area (Å²) in [4.78, 5) is 15.1. The second-order valence-electron chi connectivity index (χ2n) is 5.77. The van der Waals surface area contributed by atoms with E-state index in [1.807, 2.05) is 31.6 Å². The van der Waals surface area contributed by atoms with Gasteiger partial charge in [-0.1, -0.05) is 0 Å². The highest BCUT2D eigenvalue weighted by atomic mass is 16.5. The molecule has 0 unspecified atom stereocenters. The van der Waals surface area contributed by atoms with Crippen LogP contribution >= 0.6 is 0 Å². The molecule has 0 spiro atoms. The van der Waals surface area contributed by atoms with Gasteiger partial charge in [-0.05, 0) is 32.4 Å². The van der Waals surface area contributed by atoms with Gasteiger partial charge in [0, 0.05) is 24.9 Å². The van der Waals surface area contributed by atoms with Gasteiger partial charge in [0.1, 0.15) is 23.6 Å². The van der Waals surface area contributed by atoms with Gasteiger partial charge in [0.25, 0.3) is 5.91 Å². The summed E-state index contributed by atoms with van der Waals surface area (Å²) in [5.74, 6) is -0.230. The lowest BCUT2D eigenvalue weighted by molar-refractivity contribution is 0.0814. The number of nitriles is 1. The number of aromatic amines is 1. The average molecular weight is 313 g/mol. The monoisotopic (exact) mass is 313 g/mol. The number of aryl methyl sites for hydroxylation is 2. The molecule has 1 aliphatic heterocycles. The summed E-state index contributed by atoms with van der Waals surface area (Å²) in [5, 5.41) is 16.3. The number of hydrogen-bond donors (Lipinski definition) is 2. The summed E-state index contributed by atoms with van der Waals surface area (Å²) in [5.41, 5.74) is 3.75. The molecule has 2 aromatic heterocycles. The van der Waals surface area contributed by atoms with Crippen molar-refractivity contribution in [3.05, 3.63) is 40.5 Å². The van der Waals surface area contributed by atoms with E-state index in [9.17, 15) is 4.79 Å². The van der Waals surface area contributed by atoms with Crippen molar-refractivity contribution in [1.29, 1.82) is 5.26 Å². The fourth-order valence-electron chi connectivity index (χ4n) is 3.06. The molecule has 2 aromatic rings. The van der Waals surface area contributed by atoms with Gasteiger partial charge in [-0.15, -0.1) is 0 Å². The second-order valence-corrected chi connectivity index (χ2v) is 5.77. The molecule has 7 nitrogen and oxygen atoms in total.